The summed E-state index contributed by atoms with van der Waals surface area (Å²) in [4.78, 5) is 32.1. The minimum Gasteiger partial charge on any atom is -0.481 e. The molecule has 7 heteroatoms. The van der Waals surface area contributed by atoms with Crippen LogP contribution in [0.25, 0.3) is 0 Å². The van der Waals surface area contributed by atoms with Crippen LogP contribution in [0.2, 0.25) is 0 Å². The first kappa shape index (κ1) is 13.6. The number of carboxylic acid groups (broad SMARTS) is 2. The summed E-state index contributed by atoms with van der Waals surface area (Å²) in [6.07, 6.45) is -0.687. The second kappa shape index (κ2) is 6.33. The maximum atomic E-state index is 10.9. The van der Waals surface area contributed by atoms with Crippen LogP contribution in [0.5, 0.6) is 0 Å². The first-order chi connectivity index (χ1) is 8.54. The Morgan fingerprint density at radius 1 is 1.22 bits per heavy atom. The Balaban J connectivity index is 2.82. The fourth-order valence-electron chi connectivity index (χ4n) is 1.45. The molecular formula is C11H12N2O5. The molecule has 0 radical (unpaired) electrons. The highest BCUT2D eigenvalue weighted by Gasteiger charge is 2.28. The van der Waals surface area contributed by atoms with Gasteiger partial charge in [-0.2, -0.15) is 0 Å². The van der Waals surface area contributed by atoms with Crippen molar-refractivity contribution in [1.82, 2.24) is 5.01 Å². The molecule has 96 valence electrons. The number of hydrogen-bond donors (Lipinski definition) is 2. The lowest BCUT2D eigenvalue weighted by molar-refractivity contribution is -0.150. The van der Waals surface area contributed by atoms with E-state index in [1.165, 1.54) is 0 Å². The molecular weight excluding hydrogens is 240 g/mol. The number of nitroso groups, excluding NO2 is 1. The third kappa shape index (κ3) is 3.85. The Morgan fingerprint density at radius 2 is 1.83 bits per heavy atom. The normalized spacial score (nSPS) is 11.6. The van der Waals surface area contributed by atoms with E-state index < -0.39 is 24.4 Å². The fraction of sp³-hybridized carbons (Fsp3) is 0.273. The number of carboxylic acids is 2. The molecule has 1 aromatic carbocycles. The molecule has 0 fully saturated rings. The zero-order valence-corrected chi connectivity index (χ0v) is 9.39. The van der Waals surface area contributed by atoms with Crippen molar-refractivity contribution >= 4 is 11.9 Å². The van der Waals surface area contributed by atoms with Gasteiger partial charge in [-0.05, 0) is 5.56 Å². The highest BCUT2D eigenvalue weighted by atomic mass is 16.4. The molecule has 1 unspecified atom stereocenters. The third-order valence-corrected chi connectivity index (χ3v) is 2.31. The predicted molar refractivity (Wildman–Crippen MR) is 61.5 cm³/mol. The van der Waals surface area contributed by atoms with E-state index in [-0.39, 0.29) is 6.54 Å². The Morgan fingerprint density at radius 3 is 2.28 bits per heavy atom. The number of benzene rings is 1. The lowest BCUT2D eigenvalue weighted by atomic mass is 10.1. The van der Waals surface area contributed by atoms with Crippen LogP contribution in [0.3, 0.4) is 0 Å². The van der Waals surface area contributed by atoms with Gasteiger partial charge in [0, 0.05) is 0 Å². The fourth-order valence-corrected chi connectivity index (χ4v) is 1.45. The van der Waals surface area contributed by atoms with Crippen LogP contribution in [-0.4, -0.2) is 33.2 Å². The van der Waals surface area contributed by atoms with Gasteiger partial charge in [0.05, 0.1) is 18.3 Å². The van der Waals surface area contributed by atoms with E-state index in [0.717, 1.165) is 0 Å². The number of nitrogens with zero attached hydrogens (tertiary/aromatic N) is 2. The van der Waals surface area contributed by atoms with Crippen molar-refractivity contribution in [3.8, 4) is 0 Å². The Kier molecular flexibility index (Phi) is 4.79. The molecule has 0 saturated carbocycles. The summed E-state index contributed by atoms with van der Waals surface area (Å²) in [6.45, 7) is -0.0470. The summed E-state index contributed by atoms with van der Waals surface area (Å²) in [6, 6.07) is 7.14. The molecule has 1 rings (SSSR count). The second-order valence-electron chi connectivity index (χ2n) is 3.62. The van der Waals surface area contributed by atoms with E-state index in [9.17, 15) is 14.5 Å². The van der Waals surface area contributed by atoms with Crippen LogP contribution in [0.15, 0.2) is 35.6 Å². The maximum absolute atomic E-state index is 10.9. The molecule has 0 heterocycles. The van der Waals surface area contributed by atoms with E-state index in [0.29, 0.717) is 10.6 Å². The van der Waals surface area contributed by atoms with Crippen LogP contribution in [-0.2, 0) is 16.1 Å². The smallest absolute Gasteiger partial charge is 0.328 e. The van der Waals surface area contributed by atoms with Crippen LogP contribution < -0.4 is 0 Å². The SMILES string of the molecule is O=NN(Cc1ccccc1)C(CC(=O)O)C(=O)O. The minimum atomic E-state index is -1.47. The summed E-state index contributed by atoms with van der Waals surface area (Å²) in [5.41, 5.74) is 0.675. The number of aliphatic carboxylic acids is 2. The van der Waals surface area contributed by atoms with Crippen molar-refractivity contribution < 1.29 is 19.8 Å². The highest BCUT2D eigenvalue weighted by Crippen LogP contribution is 2.12. The van der Waals surface area contributed by atoms with Crippen molar-refractivity contribution in [3.05, 3.63) is 40.8 Å². The van der Waals surface area contributed by atoms with Gasteiger partial charge in [0.15, 0.2) is 6.04 Å². The average molecular weight is 252 g/mol. The third-order valence-electron chi connectivity index (χ3n) is 2.31. The van der Waals surface area contributed by atoms with Gasteiger partial charge in [-0.1, -0.05) is 30.3 Å². The first-order valence-electron chi connectivity index (χ1n) is 5.13. The summed E-state index contributed by atoms with van der Waals surface area (Å²) in [5.74, 6) is -2.70. The van der Waals surface area contributed by atoms with Crippen molar-refractivity contribution in [2.75, 3.05) is 0 Å². The van der Waals surface area contributed by atoms with Gasteiger partial charge in [-0.15, -0.1) is 4.91 Å². The first-order valence-corrected chi connectivity index (χ1v) is 5.13. The summed E-state index contributed by atoms with van der Waals surface area (Å²) < 4.78 is 0. The van der Waals surface area contributed by atoms with Crippen molar-refractivity contribution in [3.63, 3.8) is 0 Å². The van der Waals surface area contributed by atoms with E-state index in [1.807, 2.05) is 0 Å². The maximum Gasteiger partial charge on any atom is 0.328 e. The Labute approximate surface area is 103 Å². The molecule has 0 amide bonds. The predicted octanol–water partition coefficient (Wildman–Crippen LogP) is 1.10. The van der Waals surface area contributed by atoms with Crippen molar-refractivity contribution in [1.29, 1.82) is 0 Å². The lowest BCUT2D eigenvalue weighted by Gasteiger charge is -2.21. The minimum absolute atomic E-state index is 0.0470. The summed E-state index contributed by atoms with van der Waals surface area (Å²) in [5, 5.41) is 20.8. The van der Waals surface area contributed by atoms with Crippen LogP contribution in [0.1, 0.15) is 12.0 Å². The Bertz CT molecular complexity index is 434. The van der Waals surface area contributed by atoms with Crippen molar-refractivity contribution in [2.45, 2.75) is 19.0 Å². The van der Waals surface area contributed by atoms with Crippen LogP contribution >= 0.6 is 0 Å². The summed E-state index contributed by atoms with van der Waals surface area (Å²) in [7, 11) is 0. The molecule has 2 N–H and O–H groups in total. The van der Waals surface area contributed by atoms with Gasteiger partial charge >= 0.3 is 11.9 Å². The number of carbonyl (C=O) groups is 2. The number of rotatable bonds is 7. The summed E-state index contributed by atoms with van der Waals surface area (Å²) >= 11 is 0. The van der Waals surface area contributed by atoms with Gasteiger partial charge in [-0.3, -0.25) is 4.79 Å². The van der Waals surface area contributed by atoms with Crippen LogP contribution in [0.4, 0.5) is 0 Å². The molecule has 0 aliphatic carbocycles. The van der Waals surface area contributed by atoms with Crippen LogP contribution in [0, 0.1) is 4.91 Å². The molecule has 0 aromatic heterocycles. The quantitative estimate of drug-likeness (QED) is 0.555. The number of hydrogen-bond acceptors (Lipinski definition) is 4. The van der Waals surface area contributed by atoms with E-state index in [2.05, 4.69) is 5.29 Å². The molecule has 7 nitrogen and oxygen atoms in total. The molecule has 0 bridgehead atoms. The average Bonchev–Trinajstić information content (AvgIpc) is 2.34. The van der Waals surface area contributed by atoms with Gasteiger partial charge in [-0.25, -0.2) is 9.80 Å². The molecule has 0 aliphatic heterocycles. The zero-order valence-electron chi connectivity index (χ0n) is 9.39. The molecule has 0 spiro atoms. The van der Waals surface area contributed by atoms with E-state index in [1.54, 1.807) is 30.3 Å². The van der Waals surface area contributed by atoms with E-state index >= 15 is 0 Å². The van der Waals surface area contributed by atoms with Crippen molar-refractivity contribution in [2.24, 2.45) is 5.29 Å². The van der Waals surface area contributed by atoms with E-state index in [4.69, 9.17) is 10.2 Å². The Hall–Kier alpha value is -2.44. The highest BCUT2D eigenvalue weighted by molar-refractivity contribution is 5.80. The standard InChI is InChI=1S/C11H12N2O5/c14-10(15)6-9(11(16)17)13(12-18)7-8-4-2-1-3-5-8/h1-5,9H,6-7H2,(H,14,15)(H,16,17). The largest absolute Gasteiger partial charge is 0.481 e. The molecule has 0 saturated heterocycles. The molecule has 1 atom stereocenters. The topological polar surface area (TPSA) is 107 Å². The lowest BCUT2D eigenvalue weighted by Crippen LogP contribution is -2.38. The van der Waals surface area contributed by atoms with Gasteiger partial charge in [0.25, 0.3) is 0 Å². The molecule has 1 aromatic rings. The molecule has 18 heavy (non-hydrogen) atoms. The van der Waals surface area contributed by atoms with Gasteiger partial charge < -0.3 is 10.2 Å². The zero-order chi connectivity index (χ0) is 13.5. The second-order valence-corrected chi connectivity index (χ2v) is 3.62. The van der Waals surface area contributed by atoms with Gasteiger partial charge in [0.1, 0.15) is 0 Å². The monoisotopic (exact) mass is 252 g/mol. The van der Waals surface area contributed by atoms with Gasteiger partial charge in [0.2, 0.25) is 0 Å². The molecule has 0 aliphatic rings.